The summed E-state index contributed by atoms with van der Waals surface area (Å²) in [5, 5.41) is 16.5. The maximum absolute atomic E-state index is 12.6. The van der Waals surface area contributed by atoms with E-state index in [-0.39, 0.29) is 21.9 Å². The molecule has 0 radical (unpaired) electrons. The molecular formula is C24H17N3O6S. The minimum Gasteiger partial charge on any atom is -0.379 e. The van der Waals surface area contributed by atoms with Crippen molar-refractivity contribution >= 4 is 38.7 Å². The molecule has 1 amide bonds. The molecule has 34 heavy (non-hydrogen) atoms. The zero-order chi connectivity index (χ0) is 24.1. The first-order valence-electron chi connectivity index (χ1n) is 9.94. The molecule has 0 aliphatic heterocycles. The normalized spacial score (nSPS) is 11.4. The molecule has 4 aromatic rings. The quantitative estimate of drug-likeness (QED) is 0.184. The van der Waals surface area contributed by atoms with Crippen molar-refractivity contribution in [3.63, 3.8) is 0 Å². The van der Waals surface area contributed by atoms with E-state index < -0.39 is 20.9 Å². The number of carbonyl (C=O) groups excluding carboxylic acids is 1. The Bertz CT molecular complexity index is 1520. The predicted molar refractivity (Wildman–Crippen MR) is 126 cm³/mol. The van der Waals surface area contributed by atoms with E-state index in [0.717, 1.165) is 10.8 Å². The molecule has 0 saturated carbocycles. The highest BCUT2D eigenvalue weighted by Gasteiger charge is 2.19. The number of hydrogen-bond acceptors (Lipinski definition) is 7. The molecule has 0 atom stereocenters. The molecule has 10 heteroatoms. The van der Waals surface area contributed by atoms with Gasteiger partial charge in [-0.25, -0.2) is 5.43 Å². The largest absolute Gasteiger partial charge is 0.379 e. The number of nitro groups is 1. The van der Waals surface area contributed by atoms with E-state index in [1.807, 2.05) is 24.3 Å². The number of nitrogens with one attached hydrogen (secondary N) is 1. The summed E-state index contributed by atoms with van der Waals surface area (Å²) in [6.45, 7) is 0. The Morgan fingerprint density at radius 2 is 1.59 bits per heavy atom. The third-order valence-electron chi connectivity index (χ3n) is 4.82. The Hall–Kier alpha value is -4.57. The summed E-state index contributed by atoms with van der Waals surface area (Å²) < 4.78 is 30.5. The van der Waals surface area contributed by atoms with Crippen LogP contribution in [-0.2, 0) is 10.1 Å². The van der Waals surface area contributed by atoms with Crippen molar-refractivity contribution in [2.45, 2.75) is 4.90 Å². The van der Waals surface area contributed by atoms with E-state index in [1.54, 1.807) is 24.3 Å². The first kappa shape index (κ1) is 22.6. The van der Waals surface area contributed by atoms with E-state index in [2.05, 4.69) is 10.5 Å². The summed E-state index contributed by atoms with van der Waals surface area (Å²) in [5.41, 5.74) is 2.32. The molecule has 0 fully saturated rings. The second-order valence-corrected chi connectivity index (χ2v) is 8.64. The standard InChI is InChI=1S/C24H17N3O6S/c28-24(22-7-3-4-8-23(22)27(29)30)26-25-16-17-9-12-20(13-10-17)33-34(31,32)21-14-11-18-5-1-2-6-19(18)15-21/h1-16H,(H,26,28)/b25-16-. The van der Waals surface area contributed by atoms with Gasteiger partial charge in [-0.2, -0.15) is 13.5 Å². The molecule has 0 spiro atoms. The third-order valence-corrected chi connectivity index (χ3v) is 6.06. The maximum Gasteiger partial charge on any atom is 0.339 e. The van der Waals surface area contributed by atoms with E-state index in [1.165, 1.54) is 48.7 Å². The van der Waals surface area contributed by atoms with Gasteiger partial charge in [-0.3, -0.25) is 14.9 Å². The summed E-state index contributed by atoms with van der Waals surface area (Å²) in [6.07, 6.45) is 1.31. The van der Waals surface area contributed by atoms with Crippen LogP contribution in [0, 0.1) is 10.1 Å². The molecular weight excluding hydrogens is 458 g/mol. The lowest BCUT2D eigenvalue weighted by Crippen LogP contribution is -2.18. The van der Waals surface area contributed by atoms with E-state index in [0.29, 0.717) is 5.56 Å². The maximum atomic E-state index is 12.6. The molecule has 0 unspecified atom stereocenters. The van der Waals surface area contributed by atoms with Gasteiger partial charge in [-0.15, -0.1) is 0 Å². The number of benzene rings is 4. The van der Waals surface area contributed by atoms with Crippen LogP contribution < -0.4 is 9.61 Å². The second-order valence-electron chi connectivity index (χ2n) is 7.09. The van der Waals surface area contributed by atoms with Crippen molar-refractivity contribution in [1.29, 1.82) is 0 Å². The van der Waals surface area contributed by atoms with Gasteiger partial charge in [-0.05, 0) is 58.8 Å². The Kier molecular flexibility index (Phi) is 6.33. The lowest BCUT2D eigenvalue weighted by molar-refractivity contribution is -0.385. The number of nitro benzene ring substituents is 1. The Balaban J connectivity index is 1.42. The van der Waals surface area contributed by atoms with Crippen LogP contribution in [0.15, 0.2) is 101 Å². The molecule has 0 heterocycles. The average molecular weight is 475 g/mol. The predicted octanol–water partition coefficient (Wildman–Crippen LogP) is 4.28. The minimum atomic E-state index is -4.03. The number of nitrogens with zero attached hydrogens (tertiary/aromatic N) is 2. The fourth-order valence-corrected chi connectivity index (χ4v) is 4.12. The summed E-state index contributed by atoms with van der Waals surface area (Å²) in [6, 6.07) is 23.7. The Labute approximate surface area is 194 Å². The molecule has 9 nitrogen and oxygen atoms in total. The molecule has 0 saturated heterocycles. The molecule has 170 valence electrons. The molecule has 4 aromatic carbocycles. The number of para-hydroxylation sites is 1. The Morgan fingerprint density at radius 3 is 2.32 bits per heavy atom. The van der Waals surface area contributed by atoms with Crippen LogP contribution in [-0.4, -0.2) is 25.5 Å². The fraction of sp³-hybridized carbons (Fsp3) is 0. The lowest BCUT2D eigenvalue weighted by Gasteiger charge is -2.08. The first-order chi connectivity index (χ1) is 16.3. The van der Waals surface area contributed by atoms with Gasteiger partial charge >= 0.3 is 10.1 Å². The van der Waals surface area contributed by atoms with Crippen LogP contribution in [0.3, 0.4) is 0 Å². The number of hydrazone groups is 1. The topological polar surface area (TPSA) is 128 Å². The van der Waals surface area contributed by atoms with Crippen LogP contribution in [0.25, 0.3) is 10.8 Å². The van der Waals surface area contributed by atoms with Crippen LogP contribution in [0.5, 0.6) is 5.75 Å². The summed E-state index contributed by atoms with van der Waals surface area (Å²) in [4.78, 5) is 22.6. The van der Waals surface area contributed by atoms with Crippen LogP contribution >= 0.6 is 0 Å². The summed E-state index contributed by atoms with van der Waals surface area (Å²) in [7, 11) is -4.03. The summed E-state index contributed by atoms with van der Waals surface area (Å²) in [5.74, 6) is -0.626. The van der Waals surface area contributed by atoms with Crippen LogP contribution in [0.1, 0.15) is 15.9 Å². The number of amides is 1. The SMILES string of the molecule is O=C(N/N=C\c1ccc(OS(=O)(=O)c2ccc3ccccc3c2)cc1)c1ccccc1[N+](=O)[O-]. The van der Waals surface area contributed by atoms with Crippen molar-refractivity contribution in [3.05, 3.63) is 112 Å². The average Bonchev–Trinajstić information content (AvgIpc) is 2.84. The number of fused-ring (bicyclic) bond motifs is 1. The van der Waals surface area contributed by atoms with Gasteiger partial charge in [0.05, 0.1) is 11.1 Å². The molecule has 0 bridgehead atoms. The third kappa shape index (κ3) is 5.08. The number of rotatable bonds is 7. The van der Waals surface area contributed by atoms with E-state index in [9.17, 15) is 23.3 Å². The van der Waals surface area contributed by atoms with E-state index >= 15 is 0 Å². The number of hydrogen-bond donors (Lipinski definition) is 1. The highest BCUT2D eigenvalue weighted by Crippen LogP contribution is 2.23. The van der Waals surface area contributed by atoms with Crippen molar-refractivity contribution in [2.75, 3.05) is 0 Å². The second kappa shape index (κ2) is 9.51. The zero-order valence-corrected chi connectivity index (χ0v) is 18.3. The molecule has 4 rings (SSSR count). The molecule has 0 aromatic heterocycles. The monoisotopic (exact) mass is 475 g/mol. The molecule has 1 N–H and O–H groups in total. The first-order valence-corrected chi connectivity index (χ1v) is 11.3. The van der Waals surface area contributed by atoms with Gasteiger partial charge in [0.2, 0.25) is 0 Å². The fourth-order valence-electron chi connectivity index (χ4n) is 3.16. The zero-order valence-electron chi connectivity index (χ0n) is 17.5. The highest BCUT2D eigenvalue weighted by atomic mass is 32.2. The van der Waals surface area contributed by atoms with Gasteiger partial charge in [0.25, 0.3) is 11.6 Å². The van der Waals surface area contributed by atoms with Crippen LogP contribution in [0.4, 0.5) is 5.69 Å². The van der Waals surface area contributed by atoms with Crippen molar-refractivity contribution < 1.29 is 22.3 Å². The van der Waals surface area contributed by atoms with Gasteiger partial charge in [-0.1, -0.05) is 42.5 Å². The van der Waals surface area contributed by atoms with Crippen molar-refractivity contribution in [2.24, 2.45) is 5.10 Å². The van der Waals surface area contributed by atoms with Crippen LogP contribution in [0.2, 0.25) is 0 Å². The highest BCUT2D eigenvalue weighted by molar-refractivity contribution is 7.87. The minimum absolute atomic E-state index is 0.0366. The smallest absolute Gasteiger partial charge is 0.339 e. The van der Waals surface area contributed by atoms with E-state index in [4.69, 9.17) is 4.18 Å². The van der Waals surface area contributed by atoms with Crippen molar-refractivity contribution in [3.8, 4) is 5.75 Å². The van der Waals surface area contributed by atoms with Gasteiger partial charge in [0.15, 0.2) is 0 Å². The van der Waals surface area contributed by atoms with Gasteiger partial charge in [0, 0.05) is 6.07 Å². The Morgan fingerprint density at radius 1 is 0.912 bits per heavy atom. The molecule has 0 aliphatic rings. The number of carbonyl (C=O) groups is 1. The lowest BCUT2D eigenvalue weighted by atomic mass is 10.1. The summed E-state index contributed by atoms with van der Waals surface area (Å²) >= 11 is 0. The molecule has 0 aliphatic carbocycles. The van der Waals surface area contributed by atoms with Crippen molar-refractivity contribution in [1.82, 2.24) is 5.43 Å². The van der Waals surface area contributed by atoms with Gasteiger partial charge in [0.1, 0.15) is 16.2 Å². The van der Waals surface area contributed by atoms with Gasteiger partial charge < -0.3 is 4.18 Å².